The summed E-state index contributed by atoms with van der Waals surface area (Å²) < 4.78 is 18.9. The Bertz CT molecular complexity index is 1770. The second kappa shape index (κ2) is 11.1. The summed E-state index contributed by atoms with van der Waals surface area (Å²) in [6.07, 6.45) is 0.534. The lowest BCUT2D eigenvalue weighted by Crippen LogP contribution is -2.47. The minimum atomic E-state index is -0.0224. The van der Waals surface area contributed by atoms with Gasteiger partial charge in [-0.05, 0) is 66.6 Å². The highest BCUT2D eigenvalue weighted by atomic mass is 16.7. The third-order valence-corrected chi connectivity index (χ3v) is 7.57. The summed E-state index contributed by atoms with van der Waals surface area (Å²) in [5.74, 6) is 3.64. The summed E-state index contributed by atoms with van der Waals surface area (Å²) in [5.41, 5.74) is 4.51. The van der Waals surface area contributed by atoms with Gasteiger partial charge in [0.15, 0.2) is 11.5 Å². The fourth-order valence-electron chi connectivity index (χ4n) is 5.44. The molecule has 0 spiro atoms. The molecule has 3 heterocycles. The zero-order chi connectivity index (χ0) is 28.5. The lowest BCUT2D eigenvalue weighted by Gasteiger charge is -2.38. The van der Waals surface area contributed by atoms with Crippen molar-refractivity contribution in [2.24, 2.45) is 0 Å². The average Bonchev–Trinajstić information content (AvgIpc) is 3.49. The van der Waals surface area contributed by atoms with Gasteiger partial charge in [-0.15, -0.1) is 0 Å². The van der Waals surface area contributed by atoms with E-state index in [1.807, 2.05) is 110 Å². The Morgan fingerprint density at radius 3 is 2.29 bits per heavy atom. The number of benzene rings is 4. The lowest BCUT2D eigenvalue weighted by atomic mass is 10.1. The molecule has 8 nitrogen and oxygen atoms in total. The number of aromatic nitrogens is 2. The second-order valence-electron chi connectivity index (χ2n) is 10.5. The van der Waals surface area contributed by atoms with E-state index in [9.17, 15) is 4.79 Å². The molecule has 7 rings (SSSR count). The number of ether oxygens (including phenoxy) is 3. The minimum absolute atomic E-state index is 0.0224. The van der Waals surface area contributed by atoms with E-state index in [1.165, 1.54) is 0 Å². The van der Waals surface area contributed by atoms with E-state index >= 15 is 0 Å². The smallest absolute Gasteiger partial charge is 0.259 e. The number of fused-ring (bicyclic) bond motifs is 2. The maximum absolute atomic E-state index is 14.0. The Hall–Kier alpha value is -5.08. The molecule has 0 amide bonds. The molecule has 2 aliphatic heterocycles. The maximum Gasteiger partial charge on any atom is 0.259 e. The molecule has 0 saturated heterocycles. The van der Waals surface area contributed by atoms with Crippen molar-refractivity contribution in [3.8, 4) is 23.0 Å². The number of hydrogen-bond acceptors (Lipinski definition) is 7. The van der Waals surface area contributed by atoms with Crippen LogP contribution in [0.5, 0.6) is 23.0 Å². The van der Waals surface area contributed by atoms with Gasteiger partial charge in [-0.2, -0.15) is 0 Å². The molecule has 1 aromatic heterocycles. The summed E-state index contributed by atoms with van der Waals surface area (Å²) in [6, 6.07) is 33.6. The molecule has 0 fully saturated rings. The molecule has 2 aliphatic rings. The quantitative estimate of drug-likeness (QED) is 0.235. The van der Waals surface area contributed by atoms with E-state index in [0.29, 0.717) is 37.8 Å². The van der Waals surface area contributed by atoms with Gasteiger partial charge in [0.25, 0.3) is 5.56 Å². The molecule has 42 heavy (non-hydrogen) atoms. The van der Waals surface area contributed by atoms with Crippen molar-refractivity contribution in [2.45, 2.75) is 26.6 Å². The molecular weight excluding hydrogens is 528 g/mol. The molecule has 4 aromatic carbocycles. The van der Waals surface area contributed by atoms with Crippen molar-refractivity contribution in [1.82, 2.24) is 14.5 Å². The number of anilines is 2. The van der Waals surface area contributed by atoms with E-state index in [4.69, 9.17) is 19.2 Å². The second-order valence-corrected chi connectivity index (χ2v) is 10.5. The van der Waals surface area contributed by atoms with Crippen molar-refractivity contribution in [3.05, 3.63) is 136 Å². The monoisotopic (exact) mass is 558 g/mol. The standard InChI is InChI=1S/C34H30N4O4/c1-24-30(18-25-8-4-2-5-9-25)33(39)38-22-36(20-26-12-17-31-32(19-26)41-23-40-31)21-37(34(38)35-24)27-13-15-29(16-14-27)42-28-10-6-3-7-11-28/h2-17,19H,18,20-23H2,1H3. The highest BCUT2D eigenvalue weighted by Gasteiger charge is 2.28. The zero-order valence-corrected chi connectivity index (χ0v) is 23.3. The Kier molecular flexibility index (Phi) is 6.81. The van der Waals surface area contributed by atoms with Crippen LogP contribution in [-0.4, -0.2) is 27.9 Å². The van der Waals surface area contributed by atoms with E-state index in [1.54, 1.807) is 4.57 Å². The fourth-order valence-corrected chi connectivity index (χ4v) is 5.44. The first-order chi connectivity index (χ1) is 20.6. The van der Waals surface area contributed by atoms with E-state index < -0.39 is 0 Å². The number of aryl methyl sites for hydroxylation is 1. The number of hydrogen-bond donors (Lipinski definition) is 0. The average molecular weight is 559 g/mol. The van der Waals surface area contributed by atoms with Crippen LogP contribution in [0.3, 0.4) is 0 Å². The van der Waals surface area contributed by atoms with Gasteiger partial charge in [0.05, 0.1) is 19.0 Å². The van der Waals surface area contributed by atoms with Crippen molar-refractivity contribution < 1.29 is 14.2 Å². The Balaban J connectivity index is 1.23. The van der Waals surface area contributed by atoms with Gasteiger partial charge in [-0.3, -0.25) is 19.2 Å². The molecule has 0 radical (unpaired) electrons. The van der Waals surface area contributed by atoms with Crippen molar-refractivity contribution in [3.63, 3.8) is 0 Å². The predicted octanol–water partition coefficient (Wildman–Crippen LogP) is 6.23. The molecule has 0 atom stereocenters. The summed E-state index contributed by atoms with van der Waals surface area (Å²) >= 11 is 0. The topological polar surface area (TPSA) is 69.1 Å². The van der Waals surface area contributed by atoms with Crippen LogP contribution in [-0.2, 0) is 19.6 Å². The number of rotatable bonds is 7. The van der Waals surface area contributed by atoms with Gasteiger partial charge in [0.2, 0.25) is 12.7 Å². The van der Waals surface area contributed by atoms with E-state index in [2.05, 4.69) is 9.80 Å². The van der Waals surface area contributed by atoms with Gasteiger partial charge in [0, 0.05) is 24.2 Å². The van der Waals surface area contributed by atoms with E-state index in [0.717, 1.165) is 45.5 Å². The highest BCUT2D eigenvalue weighted by Crippen LogP contribution is 2.34. The zero-order valence-electron chi connectivity index (χ0n) is 23.3. The first kappa shape index (κ1) is 25.9. The summed E-state index contributed by atoms with van der Waals surface area (Å²) in [4.78, 5) is 23.4. The van der Waals surface area contributed by atoms with Gasteiger partial charge >= 0.3 is 0 Å². The predicted molar refractivity (Wildman–Crippen MR) is 161 cm³/mol. The van der Waals surface area contributed by atoms with Crippen LogP contribution in [0.2, 0.25) is 0 Å². The Morgan fingerprint density at radius 1 is 0.786 bits per heavy atom. The number of nitrogens with zero attached hydrogens (tertiary/aromatic N) is 4. The van der Waals surface area contributed by atoms with Crippen LogP contribution in [0.15, 0.2) is 108 Å². The molecular formula is C34H30N4O4. The SMILES string of the molecule is Cc1nc2n(c(=O)c1Cc1ccccc1)CN(Cc1ccc3c(c1)OCO3)CN2c1ccc(Oc2ccccc2)cc1. The Labute approximate surface area is 244 Å². The molecule has 5 aromatic rings. The third-order valence-electron chi connectivity index (χ3n) is 7.57. The van der Waals surface area contributed by atoms with Gasteiger partial charge in [-0.25, -0.2) is 4.98 Å². The van der Waals surface area contributed by atoms with Gasteiger partial charge in [0.1, 0.15) is 11.5 Å². The molecule has 0 bridgehead atoms. The van der Waals surface area contributed by atoms with E-state index in [-0.39, 0.29) is 12.4 Å². The highest BCUT2D eigenvalue weighted by molar-refractivity contribution is 5.60. The maximum atomic E-state index is 14.0. The van der Waals surface area contributed by atoms with Crippen LogP contribution in [0.4, 0.5) is 11.6 Å². The normalized spacial score (nSPS) is 14.1. The third kappa shape index (κ3) is 5.20. The summed E-state index contributed by atoms with van der Waals surface area (Å²) in [7, 11) is 0. The first-order valence-corrected chi connectivity index (χ1v) is 14.0. The lowest BCUT2D eigenvalue weighted by molar-refractivity contribution is 0.173. The summed E-state index contributed by atoms with van der Waals surface area (Å²) in [5, 5.41) is 0. The molecule has 0 N–H and O–H groups in total. The van der Waals surface area contributed by atoms with Crippen molar-refractivity contribution in [1.29, 1.82) is 0 Å². The van der Waals surface area contributed by atoms with Crippen LogP contribution >= 0.6 is 0 Å². The minimum Gasteiger partial charge on any atom is -0.457 e. The van der Waals surface area contributed by atoms with Gasteiger partial charge < -0.3 is 14.2 Å². The fraction of sp³-hybridized carbons (Fsp3) is 0.176. The molecule has 0 unspecified atom stereocenters. The Morgan fingerprint density at radius 2 is 1.50 bits per heavy atom. The van der Waals surface area contributed by atoms with Gasteiger partial charge in [-0.1, -0.05) is 54.6 Å². The molecule has 8 heteroatoms. The van der Waals surface area contributed by atoms with Crippen molar-refractivity contribution >= 4 is 11.6 Å². The summed E-state index contributed by atoms with van der Waals surface area (Å²) in [6.45, 7) is 3.75. The van der Waals surface area contributed by atoms with Crippen molar-refractivity contribution in [2.75, 3.05) is 18.4 Å². The first-order valence-electron chi connectivity index (χ1n) is 14.0. The molecule has 210 valence electrons. The molecule has 0 aliphatic carbocycles. The van der Waals surface area contributed by atoms with Crippen LogP contribution < -0.4 is 24.7 Å². The molecule has 0 saturated carbocycles. The van der Waals surface area contributed by atoms with Crippen LogP contribution in [0.25, 0.3) is 0 Å². The largest absolute Gasteiger partial charge is 0.457 e. The number of para-hydroxylation sites is 1. The van der Waals surface area contributed by atoms with Crippen LogP contribution in [0.1, 0.15) is 22.4 Å². The van der Waals surface area contributed by atoms with Crippen LogP contribution in [0, 0.1) is 6.92 Å².